The second-order valence-electron chi connectivity index (χ2n) is 5.39. The summed E-state index contributed by atoms with van der Waals surface area (Å²) in [5.74, 6) is 5.10. The normalized spacial score (nSPS) is 10.8. The molecule has 0 N–H and O–H groups in total. The summed E-state index contributed by atoms with van der Waals surface area (Å²) in [5, 5.41) is 0. The molecular formula is C21H32S4. The SMILES string of the molecule is CCSC(=CC(C=C(SCC)SCC)CCc1ccccc1)SCC. The topological polar surface area (TPSA) is 0 Å². The lowest BCUT2D eigenvalue weighted by Gasteiger charge is -2.14. The van der Waals surface area contributed by atoms with Crippen LogP contribution in [-0.2, 0) is 6.42 Å². The lowest BCUT2D eigenvalue weighted by molar-refractivity contribution is 0.709. The highest BCUT2D eigenvalue weighted by atomic mass is 32.2. The molecule has 0 nitrogen and oxygen atoms in total. The van der Waals surface area contributed by atoms with Crippen molar-refractivity contribution in [3.63, 3.8) is 0 Å². The molecule has 0 aliphatic carbocycles. The van der Waals surface area contributed by atoms with E-state index in [4.69, 9.17) is 0 Å². The average molecular weight is 413 g/mol. The third-order valence-corrected chi connectivity index (χ3v) is 7.71. The van der Waals surface area contributed by atoms with Gasteiger partial charge in [0.25, 0.3) is 0 Å². The molecule has 1 aromatic rings. The Labute approximate surface area is 172 Å². The first kappa shape index (κ1) is 23.1. The molecular weight excluding hydrogens is 380 g/mol. The summed E-state index contributed by atoms with van der Waals surface area (Å²) in [4.78, 5) is 0. The maximum Gasteiger partial charge on any atom is 0.0366 e. The Morgan fingerprint density at radius 2 is 1.20 bits per heavy atom. The lowest BCUT2D eigenvalue weighted by atomic mass is 10.00. The van der Waals surface area contributed by atoms with Crippen molar-refractivity contribution >= 4 is 47.0 Å². The van der Waals surface area contributed by atoms with Crippen molar-refractivity contribution in [3.8, 4) is 0 Å². The van der Waals surface area contributed by atoms with E-state index in [-0.39, 0.29) is 0 Å². The van der Waals surface area contributed by atoms with Crippen LogP contribution in [0.2, 0.25) is 0 Å². The molecule has 0 spiro atoms. The summed E-state index contributed by atoms with van der Waals surface area (Å²) in [6, 6.07) is 10.9. The molecule has 0 saturated heterocycles. The van der Waals surface area contributed by atoms with Crippen molar-refractivity contribution in [2.45, 2.75) is 40.5 Å². The van der Waals surface area contributed by atoms with Gasteiger partial charge < -0.3 is 0 Å². The summed E-state index contributed by atoms with van der Waals surface area (Å²) < 4.78 is 2.98. The number of thioether (sulfide) groups is 4. The van der Waals surface area contributed by atoms with Gasteiger partial charge in [0.2, 0.25) is 0 Å². The van der Waals surface area contributed by atoms with Crippen LogP contribution < -0.4 is 0 Å². The Balaban J connectivity index is 2.93. The molecule has 0 aliphatic rings. The molecule has 0 aliphatic heterocycles. The van der Waals surface area contributed by atoms with Crippen molar-refractivity contribution in [1.82, 2.24) is 0 Å². The van der Waals surface area contributed by atoms with Crippen LogP contribution in [0.25, 0.3) is 0 Å². The van der Waals surface area contributed by atoms with Crippen LogP contribution in [0.1, 0.15) is 39.7 Å². The highest BCUT2D eigenvalue weighted by molar-refractivity contribution is 8.22. The fourth-order valence-corrected chi connectivity index (χ4v) is 6.69. The lowest BCUT2D eigenvalue weighted by Crippen LogP contribution is -1.98. The standard InChI is InChI=1S/C21H32S4/c1-5-22-20(23-6-2)16-19(17-21(24-7-3)25-8-4)15-14-18-12-10-9-11-13-18/h9-13,16-17,19H,5-8,14-15H2,1-4H3. The smallest absolute Gasteiger partial charge is 0.0366 e. The minimum Gasteiger partial charge on any atom is -0.120 e. The second kappa shape index (κ2) is 15.2. The summed E-state index contributed by atoms with van der Waals surface area (Å²) in [5.41, 5.74) is 1.44. The van der Waals surface area contributed by atoms with Gasteiger partial charge in [-0.15, -0.1) is 47.0 Å². The molecule has 1 rings (SSSR count). The molecule has 25 heavy (non-hydrogen) atoms. The molecule has 0 unspecified atom stereocenters. The van der Waals surface area contributed by atoms with Crippen LogP contribution in [0.15, 0.2) is 51.0 Å². The largest absolute Gasteiger partial charge is 0.120 e. The van der Waals surface area contributed by atoms with E-state index in [0.29, 0.717) is 5.92 Å². The van der Waals surface area contributed by atoms with Gasteiger partial charge in [-0.3, -0.25) is 0 Å². The fraction of sp³-hybridized carbons (Fsp3) is 0.524. The van der Waals surface area contributed by atoms with Gasteiger partial charge in [-0.25, -0.2) is 0 Å². The molecule has 0 bridgehead atoms. The third-order valence-electron chi connectivity index (χ3n) is 3.46. The van der Waals surface area contributed by atoms with Crippen molar-refractivity contribution in [2.75, 3.05) is 23.0 Å². The van der Waals surface area contributed by atoms with Crippen molar-refractivity contribution in [2.24, 2.45) is 5.92 Å². The first-order valence-corrected chi connectivity index (χ1v) is 13.2. The monoisotopic (exact) mass is 412 g/mol. The van der Waals surface area contributed by atoms with Gasteiger partial charge in [0.15, 0.2) is 0 Å². The van der Waals surface area contributed by atoms with E-state index in [9.17, 15) is 0 Å². The summed E-state index contributed by atoms with van der Waals surface area (Å²) in [6.07, 6.45) is 7.34. The summed E-state index contributed by atoms with van der Waals surface area (Å²) in [6.45, 7) is 8.98. The maximum atomic E-state index is 2.51. The molecule has 0 radical (unpaired) electrons. The number of aryl methyl sites for hydroxylation is 1. The molecule has 0 fully saturated rings. The van der Waals surface area contributed by atoms with Crippen LogP contribution in [0.5, 0.6) is 0 Å². The highest BCUT2D eigenvalue weighted by Gasteiger charge is 2.09. The number of hydrogen-bond acceptors (Lipinski definition) is 4. The van der Waals surface area contributed by atoms with E-state index in [1.54, 1.807) is 0 Å². The average Bonchev–Trinajstić information content (AvgIpc) is 2.61. The van der Waals surface area contributed by atoms with Gasteiger partial charge in [-0.1, -0.05) is 70.2 Å². The van der Waals surface area contributed by atoms with Crippen molar-refractivity contribution < 1.29 is 0 Å². The molecule has 0 atom stereocenters. The van der Waals surface area contributed by atoms with Crippen molar-refractivity contribution in [1.29, 1.82) is 0 Å². The minimum absolute atomic E-state index is 0.515. The summed E-state index contributed by atoms with van der Waals surface area (Å²) >= 11 is 7.94. The van der Waals surface area contributed by atoms with Crippen molar-refractivity contribution in [3.05, 3.63) is 56.5 Å². The number of hydrogen-bond donors (Lipinski definition) is 0. The Kier molecular flexibility index (Phi) is 14.1. The zero-order valence-corrected chi connectivity index (χ0v) is 19.3. The van der Waals surface area contributed by atoms with E-state index in [1.807, 2.05) is 47.0 Å². The van der Waals surface area contributed by atoms with Crippen LogP contribution >= 0.6 is 47.0 Å². The van der Waals surface area contributed by atoms with Gasteiger partial charge in [0, 0.05) is 8.47 Å². The fourth-order valence-electron chi connectivity index (χ4n) is 2.39. The third kappa shape index (κ3) is 10.7. The van der Waals surface area contributed by atoms with E-state index in [0.717, 1.165) is 29.4 Å². The van der Waals surface area contributed by atoms with Gasteiger partial charge in [0.1, 0.15) is 0 Å². The van der Waals surface area contributed by atoms with Gasteiger partial charge in [0.05, 0.1) is 0 Å². The zero-order chi connectivity index (χ0) is 18.3. The van der Waals surface area contributed by atoms with Gasteiger partial charge >= 0.3 is 0 Å². The van der Waals surface area contributed by atoms with E-state index in [2.05, 4.69) is 70.2 Å². The number of benzene rings is 1. The summed E-state index contributed by atoms with van der Waals surface area (Å²) in [7, 11) is 0. The minimum atomic E-state index is 0.515. The second-order valence-corrected chi connectivity index (χ2v) is 11.1. The van der Waals surface area contributed by atoms with Crippen LogP contribution in [0.4, 0.5) is 0 Å². The van der Waals surface area contributed by atoms with Crippen LogP contribution in [0.3, 0.4) is 0 Å². The first-order valence-electron chi connectivity index (χ1n) is 9.22. The zero-order valence-electron chi connectivity index (χ0n) is 16.0. The van der Waals surface area contributed by atoms with Gasteiger partial charge in [-0.2, -0.15) is 0 Å². The Morgan fingerprint density at radius 1 is 0.760 bits per heavy atom. The van der Waals surface area contributed by atoms with E-state index < -0.39 is 0 Å². The molecule has 1 aromatic carbocycles. The molecule has 140 valence electrons. The number of rotatable bonds is 13. The number of allylic oxidation sites excluding steroid dienone is 2. The van der Waals surface area contributed by atoms with Crippen LogP contribution in [0, 0.1) is 5.92 Å². The molecule has 0 aromatic heterocycles. The Bertz CT molecular complexity index is 466. The molecule has 4 heteroatoms. The molecule has 0 saturated carbocycles. The highest BCUT2D eigenvalue weighted by Crippen LogP contribution is 2.34. The first-order chi connectivity index (χ1) is 12.2. The molecule has 0 heterocycles. The predicted molar refractivity (Wildman–Crippen MR) is 127 cm³/mol. The Morgan fingerprint density at radius 3 is 1.60 bits per heavy atom. The van der Waals surface area contributed by atoms with Crippen LogP contribution in [-0.4, -0.2) is 23.0 Å². The quantitative estimate of drug-likeness (QED) is 0.322. The molecule has 0 amide bonds. The Hall–Kier alpha value is 0.1000. The maximum absolute atomic E-state index is 2.51. The van der Waals surface area contributed by atoms with E-state index in [1.165, 1.54) is 20.5 Å². The van der Waals surface area contributed by atoms with Gasteiger partial charge in [-0.05, 0) is 47.3 Å². The predicted octanol–water partition coefficient (Wildman–Crippen LogP) is 7.93. The van der Waals surface area contributed by atoms with E-state index >= 15 is 0 Å².